The average Bonchev–Trinajstić information content (AvgIpc) is 2.40. The molecule has 5 nitrogen and oxygen atoms in total. The number of ether oxygens (including phenoxy) is 1. The number of anilines is 1. The van der Waals surface area contributed by atoms with Gasteiger partial charge in [0, 0.05) is 7.05 Å². The SMILES string of the molecule is CNc1cccc(Oc2ccccc2I)c1[N+](=O)[O-]. The molecule has 0 fully saturated rings. The predicted molar refractivity (Wildman–Crippen MR) is 81.9 cm³/mol. The van der Waals surface area contributed by atoms with Gasteiger partial charge < -0.3 is 10.1 Å². The fourth-order valence-electron chi connectivity index (χ4n) is 1.64. The monoisotopic (exact) mass is 370 g/mol. The number of para-hydroxylation sites is 2. The number of nitrogens with one attached hydrogen (secondary N) is 1. The van der Waals surface area contributed by atoms with Crippen molar-refractivity contribution in [2.75, 3.05) is 12.4 Å². The maximum Gasteiger partial charge on any atom is 0.334 e. The van der Waals surface area contributed by atoms with Crippen molar-refractivity contribution in [3.05, 3.63) is 56.1 Å². The van der Waals surface area contributed by atoms with Gasteiger partial charge in [-0.15, -0.1) is 0 Å². The van der Waals surface area contributed by atoms with Gasteiger partial charge in [-0.2, -0.15) is 0 Å². The first-order valence-corrected chi connectivity index (χ1v) is 6.59. The molecule has 0 aliphatic heterocycles. The lowest BCUT2D eigenvalue weighted by molar-refractivity contribution is -0.384. The Morgan fingerprint density at radius 2 is 1.84 bits per heavy atom. The van der Waals surface area contributed by atoms with Gasteiger partial charge in [-0.05, 0) is 46.9 Å². The Bertz CT molecular complexity index is 617. The molecule has 2 rings (SSSR count). The summed E-state index contributed by atoms with van der Waals surface area (Å²) in [5, 5.41) is 14.0. The third kappa shape index (κ3) is 2.95. The van der Waals surface area contributed by atoms with E-state index in [9.17, 15) is 10.1 Å². The zero-order valence-electron chi connectivity index (χ0n) is 10.1. The van der Waals surface area contributed by atoms with Crippen molar-refractivity contribution in [1.82, 2.24) is 0 Å². The summed E-state index contributed by atoms with van der Waals surface area (Å²) >= 11 is 2.12. The molecule has 19 heavy (non-hydrogen) atoms. The van der Waals surface area contributed by atoms with Gasteiger partial charge in [0.15, 0.2) is 0 Å². The molecule has 0 radical (unpaired) electrons. The molecule has 0 saturated carbocycles. The first kappa shape index (κ1) is 13.6. The molecule has 0 aliphatic rings. The highest BCUT2D eigenvalue weighted by molar-refractivity contribution is 14.1. The quantitative estimate of drug-likeness (QED) is 0.501. The molecular weight excluding hydrogens is 359 g/mol. The number of hydrogen-bond acceptors (Lipinski definition) is 4. The second kappa shape index (κ2) is 5.87. The molecule has 6 heteroatoms. The standard InChI is InChI=1S/C13H11IN2O3/c1-15-10-6-4-8-12(13(10)16(17)18)19-11-7-3-2-5-9(11)14/h2-8,15H,1H3. The third-order valence-electron chi connectivity index (χ3n) is 2.51. The molecular formula is C13H11IN2O3. The Kier molecular flexibility index (Phi) is 4.20. The lowest BCUT2D eigenvalue weighted by Gasteiger charge is -2.10. The summed E-state index contributed by atoms with van der Waals surface area (Å²) in [5.41, 5.74) is 0.359. The fourth-order valence-corrected chi connectivity index (χ4v) is 2.14. The van der Waals surface area contributed by atoms with Crippen LogP contribution >= 0.6 is 22.6 Å². The number of nitro benzene ring substituents is 1. The Morgan fingerprint density at radius 3 is 2.47 bits per heavy atom. The van der Waals surface area contributed by atoms with Gasteiger partial charge in [0.2, 0.25) is 5.75 Å². The van der Waals surface area contributed by atoms with E-state index in [1.807, 2.05) is 18.2 Å². The molecule has 1 N–H and O–H groups in total. The normalized spacial score (nSPS) is 10.0. The van der Waals surface area contributed by atoms with Crippen LogP contribution in [0, 0.1) is 13.7 Å². The van der Waals surface area contributed by atoms with E-state index in [1.165, 1.54) is 0 Å². The lowest BCUT2D eigenvalue weighted by atomic mass is 10.2. The zero-order chi connectivity index (χ0) is 13.8. The van der Waals surface area contributed by atoms with Crippen LogP contribution in [0.3, 0.4) is 0 Å². The number of nitro groups is 1. The molecule has 0 bridgehead atoms. The van der Waals surface area contributed by atoms with E-state index in [-0.39, 0.29) is 11.4 Å². The van der Waals surface area contributed by atoms with Crippen molar-refractivity contribution < 1.29 is 9.66 Å². The van der Waals surface area contributed by atoms with Crippen LogP contribution in [0.4, 0.5) is 11.4 Å². The van der Waals surface area contributed by atoms with Gasteiger partial charge in [-0.1, -0.05) is 18.2 Å². The molecule has 0 atom stereocenters. The van der Waals surface area contributed by atoms with Gasteiger partial charge in [-0.25, -0.2) is 0 Å². The summed E-state index contributed by atoms with van der Waals surface area (Å²) < 4.78 is 6.55. The van der Waals surface area contributed by atoms with E-state index >= 15 is 0 Å². The summed E-state index contributed by atoms with van der Waals surface area (Å²) in [5.74, 6) is 0.820. The minimum atomic E-state index is -0.447. The highest BCUT2D eigenvalue weighted by Crippen LogP contribution is 2.38. The van der Waals surface area contributed by atoms with Crippen LogP contribution in [-0.4, -0.2) is 12.0 Å². The van der Waals surface area contributed by atoms with Crippen LogP contribution in [-0.2, 0) is 0 Å². The van der Waals surface area contributed by atoms with Crippen LogP contribution in [0.15, 0.2) is 42.5 Å². The Hall–Kier alpha value is -1.83. The largest absolute Gasteiger partial charge is 0.449 e. The molecule has 2 aromatic rings. The van der Waals surface area contributed by atoms with Gasteiger partial charge >= 0.3 is 5.69 Å². The second-order valence-electron chi connectivity index (χ2n) is 3.69. The molecule has 0 heterocycles. The van der Waals surface area contributed by atoms with E-state index in [4.69, 9.17) is 4.74 Å². The molecule has 2 aromatic carbocycles. The summed E-state index contributed by atoms with van der Waals surface area (Å²) in [6.45, 7) is 0. The molecule has 98 valence electrons. The van der Waals surface area contributed by atoms with Crippen LogP contribution in [0.25, 0.3) is 0 Å². The fraction of sp³-hybridized carbons (Fsp3) is 0.0769. The van der Waals surface area contributed by atoms with Gasteiger partial charge in [0.25, 0.3) is 0 Å². The summed E-state index contributed by atoms with van der Waals surface area (Å²) in [4.78, 5) is 10.7. The topological polar surface area (TPSA) is 64.4 Å². The minimum Gasteiger partial charge on any atom is -0.449 e. The number of benzene rings is 2. The first-order valence-electron chi connectivity index (χ1n) is 5.51. The van der Waals surface area contributed by atoms with Gasteiger partial charge in [-0.3, -0.25) is 10.1 Å². The van der Waals surface area contributed by atoms with Gasteiger partial charge in [0.1, 0.15) is 11.4 Å². The number of halogens is 1. The van der Waals surface area contributed by atoms with Gasteiger partial charge in [0.05, 0.1) is 8.49 Å². The van der Waals surface area contributed by atoms with Crippen molar-refractivity contribution in [1.29, 1.82) is 0 Å². The van der Waals surface area contributed by atoms with E-state index < -0.39 is 4.92 Å². The first-order chi connectivity index (χ1) is 9.13. The van der Waals surface area contributed by atoms with Crippen molar-refractivity contribution in [3.63, 3.8) is 0 Å². The van der Waals surface area contributed by atoms with Crippen LogP contribution < -0.4 is 10.1 Å². The van der Waals surface area contributed by atoms with Crippen molar-refractivity contribution in [3.8, 4) is 11.5 Å². The number of rotatable bonds is 4. The molecule has 0 amide bonds. The summed E-state index contributed by atoms with van der Waals surface area (Å²) in [6.07, 6.45) is 0. The Labute approximate surface area is 123 Å². The summed E-state index contributed by atoms with van der Waals surface area (Å²) in [6, 6.07) is 12.3. The van der Waals surface area contributed by atoms with Crippen molar-refractivity contribution in [2.45, 2.75) is 0 Å². The minimum absolute atomic E-state index is 0.0651. The molecule has 0 spiro atoms. The smallest absolute Gasteiger partial charge is 0.334 e. The lowest BCUT2D eigenvalue weighted by Crippen LogP contribution is -1.99. The van der Waals surface area contributed by atoms with E-state index in [2.05, 4.69) is 27.9 Å². The van der Waals surface area contributed by atoms with E-state index in [1.54, 1.807) is 31.3 Å². The molecule has 0 unspecified atom stereocenters. The highest BCUT2D eigenvalue weighted by Gasteiger charge is 2.21. The number of hydrogen-bond donors (Lipinski definition) is 1. The van der Waals surface area contributed by atoms with E-state index in [0.29, 0.717) is 11.4 Å². The predicted octanol–water partition coefficient (Wildman–Crippen LogP) is 4.03. The Morgan fingerprint density at radius 1 is 1.16 bits per heavy atom. The van der Waals surface area contributed by atoms with E-state index in [0.717, 1.165) is 3.57 Å². The number of nitrogens with zero attached hydrogens (tertiary/aromatic N) is 1. The molecule has 0 aromatic heterocycles. The maximum absolute atomic E-state index is 11.2. The highest BCUT2D eigenvalue weighted by atomic mass is 127. The second-order valence-corrected chi connectivity index (χ2v) is 4.85. The molecule has 0 aliphatic carbocycles. The van der Waals surface area contributed by atoms with Crippen molar-refractivity contribution in [2.24, 2.45) is 0 Å². The van der Waals surface area contributed by atoms with Crippen molar-refractivity contribution >= 4 is 34.0 Å². The summed E-state index contributed by atoms with van der Waals surface area (Å²) in [7, 11) is 1.64. The zero-order valence-corrected chi connectivity index (χ0v) is 12.2. The average molecular weight is 370 g/mol. The third-order valence-corrected chi connectivity index (χ3v) is 3.40. The molecule has 0 saturated heterocycles. The van der Waals surface area contributed by atoms with Crippen LogP contribution in [0.2, 0.25) is 0 Å². The van der Waals surface area contributed by atoms with Crippen LogP contribution in [0.1, 0.15) is 0 Å². The van der Waals surface area contributed by atoms with Crippen LogP contribution in [0.5, 0.6) is 11.5 Å². The maximum atomic E-state index is 11.2. The Balaban J connectivity index is 2.46.